The third-order valence-corrected chi connectivity index (χ3v) is 3.16. The Bertz CT molecular complexity index is 363. The summed E-state index contributed by atoms with van der Waals surface area (Å²) >= 11 is 0. The topological polar surface area (TPSA) is 35.5 Å². The van der Waals surface area contributed by atoms with Gasteiger partial charge in [-0.3, -0.25) is 0 Å². The molecule has 1 aromatic carbocycles. The second kappa shape index (κ2) is 5.47. The summed E-state index contributed by atoms with van der Waals surface area (Å²) in [4.78, 5) is 2.30. The van der Waals surface area contributed by atoms with E-state index in [2.05, 4.69) is 17.3 Å². The number of halogens is 1. The lowest BCUT2D eigenvalue weighted by atomic mass is 10.1. The predicted octanol–water partition coefficient (Wildman–Crippen LogP) is 1.72. The van der Waals surface area contributed by atoms with Crippen LogP contribution in [-0.4, -0.2) is 36.2 Å². The Morgan fingerprint density at radius 1 is 1.47 bits per heavy atom. The second-order valence-electron chi connectivity index (χ2n) is 4.80. The van der Waals surface area contributed by atoms with E-state index in [4.69, 9.17) is 0 Å². The van der Waals surface area contributed by atoms with Gasteiger partial charge in [0, 0.05) is 25.2 Å². The summed E-state index contributed by atoms with van der Waals surface area (Å²) < 4.78 is 13.1. The van der Waals surface area contributed by atoms with Crippen molar-refractivity contribution >= 4 is 0 Å². The zero-order valence-corrected chi connectivity index (χ0v) is 10.1. The van der Waals surface area contributed by atoms with Crippen molar-refractivity contribution in [3.8, 4) is 5.75 Å². The number of likely N-dealkylation sites (tertiary alicyclic amines) is 1. The van der Waals surface area contributed by atoms with E-state index in [9.17, 15) is 9.50 Å². The Morgan fingerprint density at radius 2 is 2.29 bits per heavy atom. The van der Waals surface area contributed by atoms with E-state index in [1.807, 2.05) is 0 Å². The Labute approximate surface area is 101 Å². The quantitative estimate of drug-likeness (QED) is 0.841. The minimum atomic E-state index is -0.387. The third-order valence-electron chi connectivity index (χ3n) is 3.16. The largest absolute Gasteiger partial charge is 0.508 e. The van der Waals surface area contributed by atoms with Crippen LogP contribution in [-0.2, 0) is 6.54 Å². The number of phenols is 1. The van der Waals surface area contributed by atoms with Crippen LogP contribution in [0.25, 0.3) is 0 Å². The number of nitrogens with one attached hydrogen (secondary N) is 1. The molecule has 2 rings (SSSR count). The number of aromatic hydroxyl groups is 1. The maximum Gasteiger partial charge on any atom is 0.127 e. The maximum atomic E-state index is 13.1. The van der Waals surface area contributed by atoms with E-state index in [-0.39, 0.29) is 11.6 Å². The van der Waals surface area contributed by atoms with E-state index < -0.39 is 0 Å². The van der Waals surface area contributed by atoms with Gasteiger partial charge in [-0.2, -0.15) is 0 Å². The highest BCUT2D eigenvalue weighted by molar-refractivity contribution is 5.28. The minimum Gasteiger partial charge on any atom is -0.508 e. The number of benzene rings is 1. The fourth-order valence-electron chi connectivity index (χ4n) is 2.33. The lowest BCUT2D eigenvalue weighted by Gasteiger charge is -2.30. The molecule has 1 unspecified atom stereocenters. The molecule has 0 amide bonds. The fraction of sp³-hybridized carbons (Fsp3) is 0.538. The molecule has 1 aliphatic heterocycles. The first-order valence-electron chi connectivity index (χ1n) is 6.04. The van der Waals surface area contributed by atoms with Crippen LogP contribution in [0.5, 0.6) is 5.75 Å². The number of phenolic OH excluding ortho intramolecular Hbond substituents is 1. The van der Waals surface area contributed by atoms with Crippen molar-refractivity contribution in [2.75, 3.05) is 20.1 Å². The van der Waals surface area contributed by atoms with Crippen molar-refractivity contribution in [2.45, 2.75) is 25.4 Å². The predicted molar refractivity (Wildman–Crippen MR) is 65.4 cm³/mol. The monoisotopic (exact) mass is 238 g/mol. The average molecular weight is 238 g/mol. The molecule has 1 aliphatic rings. The Kier molecular flexibility index (Phi) is 3.97. The number of piperidine rings is 1. The Balaban J connectivity index is 1.88. The molecule has 2 N–H and O–H groups in total. The molecule has 1 saturated heterocycles. The normalized spacial score (nSPS) is 21.6. The molecule has 4 heteroatoms. The summed E-state index contributed by atoms with van der Waals surface area (Å²) in [7, 11) is 2.11. The number of likely N-dealkylation sites (N-methyl/N-ethyl adjacent to an activating group) is 1. The summed E-state index contributed by atoms with van der Waals surface area (Å²) in [5, 5.41) is 12.7. The molecule has 0 bridgehead atoms. The van der Waals surface area contributed by atoms with Gasteiger partial charge in [0.25, 0.3) is 0 Å². The first-order valence-corrected chi connectivity index (χ1v) is 6.04. The number of hydrogen-bond donors (Lipinski definition) is 2. The lowest BCUT2D eigenvalue weighted by molar-refractivity contribution is 0.226. The van der Waals surface area contributed by atoms with Crippen LogP contribution in [0, 0.1) is 5.82 Å². The van der Waals surface area contributed by atoms with Crippen LogP contribution >= 0.6 is 0 Å². The van der Waals surface area contributed by atoms with Gasteiger partial charge in [-0.15, -0.1) is 0 Å². The summed E-state index contributed by atoms with van der Waals surface area (Å²) in [6, 6.07) is 4.64. The van der Waals surface area contributed by atoms with Gasteiger partial charge in [0.2, 0.25) is 0 Å². The zero-order valence-electron chi connectivity index (χ0n) is 10.1. The zero-order chi connectivity index (χ0) is 12.3. The van der Waals surface area contributed by atoms with Crippen molar-refractivity contribution < 1.29 is 9.50 Å². The van der Waals surface area contributed by atoms with Crippen LogP contribution in [0.4, 0.5) is 4.39 Å². The van der Waals surface area contributed by atoms with Gasteiger partial charge in [0.15, 0.2) is 0 Å². The van der Waals surface area contributed by atoms with Gasteiger partial charge in [-0.1, -0.05) is 0 Å². The van der Waals surface area contributed by atoms with Gasteiger partial charge >= 0.3 is 0 Å². The van der Waals surface area contributed by atoms with Gasteiger partial charge in [-0.05, 0) is 44.1 Å². The smallest absolute Gasteiger partial charge is 0.127 e. The van der Waals surface area contributed by atoms with Crippen LogP contribution in [0.1, 0.15) is 18.4 Å². The first kappa shape index (κ1) is 12.3. The fourth-order valence-corrected chi connectivity index (χ4v) is 2.33. The van der Waals surface area contributed by atoms with Crippen LogP contribution in [0.15, 0.2) is 18.2 Å². The van der Waals surface area contributed by atoms with Crippen LogP contribution < -0.4 is 5.32 Å². The highest BCUT2D eigenvalue weighted by Gasteiger charge is 2.16. The second-order valence-corrected chi connectivity index (χ2v) is 4.80. The molecule has 3 nitrogen and oxygen atoms in total. The van der Waals surface area contributed by atoms with Gasteiger partial charge in [0.1, 0.15) is 11.6 Å². The molecule has 94 valence electrons. The number of hydrogen-bond acceptors (Lipinski definition) is 3. The molecule has 17 heavy (non-hydrogen) atoms. The molecule has 1 aromatic rings. The SMILES string of the molecule is CN1CCCC(NCc2cc(O)cc(F)c2)C1. The third kappa shape index (κ3) is 3.68. The molecular weight excluding hydrogens is 219 g/mol. The van der Waals surface area contributed by atoms with Crippen molar-refractivity contribution in [2.24, 2.45) is 0 Å². The van der Waals surface area contributed by atoms with Gasteiger partial charge in [0.05, 0.1) is 0 Å². The summed E-state index contributed by atoms with van der Waals surface area (Å²) in [5.74, 6) is -0.398. The average Bonchev–Trinajstić information content (AvgIpc) is 2.25. The summed E-state index contributed by atoms with van der Waals surface area (Å²) in [6.07, 6.45) is 2.36. The molecule has 1 heterocycles. The molecule has 1 fully saturated rings. The van der Waals surface area contributed by atoms with Gasteiger partial charge < -0.3 is 15.3 Å². The summed E-state index contributed by atoms with van der Waals surface area (Å²) in [5.41, 5.74) is 0.788. The van der Waals surface area contributed by atoms with Crippen LogP contribution in [0.2, 0.25) is 0 Å². The standard InChI is InChI=1S/C13H19FN2O/c1-16-4-2-3-12(9-16)15-8-10-5-11(14)7-13(17)6-10/h5-7,12,15,17H,2-4,8-9H2,1H3. The molecule has 0 aromatic heterocycles. The maximum absolute atomic E-state index is 13.1. The Morgan fingerprint density at radius 3 is 3.00 bits per heavy atom. The molecule has 0 aliphatic carbocycles. The highest BCUT2D eigenvalue weighted by Crippen LogP contribution is 2.15. The van der Waals surface area contributed by atoms with Crippen molar-refractivity contribution in [1.29, 1.82) is 0 Å². The number of rotatable bonds is 3. The van der Waals surface area contributed by atoms with E-state index in [1.165, 1.54) is 12.5 Å². The van der Waals surface area contributed by atoms with E-state index in [0.717, 1.165) is 31.1 Å². The molecule has 0 radical (unpaired) electrons. The van der Waals surface area contributed by atoms with E-state index in [1.54, 1.807) is 6.07 Å². The van der Waals surface area contributed by atoms with E-state index >= 15 is 0 Å². The van der Waals surface area contributed by atoms with Crippen molar-refractivity contribution in [1.82, 2.24) is 10.2 Å². The van der Waals surface area contributed by atoms with Gasteiger partial charge in [-0.25, -0.2) is 4.39 Å². The molecule has 1 atom stereocenters. The molecule has 0 saturated carbocycles. The lowest BCUT2D eigenvalue weighted by Crippen LogP contribution is -2.43. The first-order chi connectivity index (χ1) is 8.13. The highest BCUT2D eigenvalue weighted by atomic mass is 19.1. The number of nitrogens with zero attached hydrogens (tertiary/aromatic N) is 1. The van der Waals surface area contributed by atoms with Crippen molar-refractivity contribution in [3.05, 3.63) is 29.6 Å². The van der Waals surface area contributed by atoms with Crippen molar-refractivity contribution in [3.63, 3.8) is 0 Å². The van der Waals surface area contributed by atoms with Crippen LogP contribution in [0.3, 0.4) is 0 Å². The van der Waals surface area contributed by atoms with E-state index in [0.29, 0.717) is 12.6 Å². The summed E-state index contributed by atoms with van der Waals surface area (Å²) in [6.45, 7) is 2.78. The Hall–Kier alpha value is -1.13. The molecule has 0 spiro atoms. The minimum absolute atomic E-state index is 0.0115. The molecular formula is C13H19FN2O.